The lowest BCUT2D eigenvalue weighted by molar-refractivity contribution is 0.170. The van der Waals surface area contributed by atoms with E-state index in [0.29, 0.717) is 17.9 Å². The molecule has 102 valence electrons. The van der Waals surface area contributed by atoms with Crippen molar-refractivity contribution in [1.82, 2.24) is 5.32 Å². The first-order valence-electron chi connectivity index (χ1n) is 7.82. The van der Waals surface area contributed by atoms with Crippen LogP contribution in [0.15, 0.2) is 0 Å². The zero-order valence-corrected chi connectivity index (χ0v) is 12.0. The van der Waals surface area contributed by atoms with Crippen LogP contribution in [-0.4, -0.2) is 11.6 Å². The highest BCUT2D eigenvalue weighted by Crippen LogP contribution is 2.36. The summed E-state index contributed by atoms with van der Waals surface area (Å²) in [6.07, 6.45) is 11.4. The molecule has 0 aromatic rings. The van der Waals surface area contributed by atoms with Crippen LogP contribution in [0.3, 0.4) is 0 Å². The maximum atomic E-state index is 9.67. The zero-order chi connectivity index (χ0) is 13.0. The van der Waals surface area contributed by atoms with Crippen molar-refractivity contribution in [2.75, 3.05) is 0 Å². The molecule has 0 aromatic carbocycles. The average molecular weight is 248 g/mol. The minimum atomic E-state index is -0.230. The molecule has 0 radical (unpaired) electrons. The number of hydrogen-bond acceptors (Lipinski definition) is 2. The molecule has 0 aromatic heterocycles. The maximum absolute atomic E-state index is 9.67. The van der Waals surface area contributed by atoms with Gasteiger partial charge in [0, 0.05) is 6.04 Å². The van der Waals surface area contributed by atoms with Crippen molar-refractivity contribution in [2.24, 2.45) is 11.8 Å². The summed E-state index contributed by atoms with van der Waals surface area (Å²) < 4.78 is 0. The van der Waals surface area contributed by atoms with Gasteiger partial charge in [0.2, 0.25) is 0 Å². The van der Waals surface area contributed by atoms with Gasteiger partial charge in [0.15, 0.2) is 0 Å². The molecule has 2 aliphatic rings. The molecule has 0 spiro atoms. The first-order chi connectivity index (χ1) is 8.63. The molecular weight excluding hydrogens is 220 g/mol. The SMILES string of the molecule is CC1CC(C)CC(C#N)(NC2CCCCCC2)C1. The fourth-order valence-electron chi connectivity index (χ4n) is 4.18. The highest BCUT2D eigenvalue weighted by Gasteiger charge is 2.39. The smallest absolute Gasteiger partial charge is 0.107 e. The zero-order valence-electron chi connectivity index (χ0n) is 12.0. The molecule has 2 fully saturated rings. The Balaban J connectivity index is 2.00. The number of hydrogen-bond donors (Lipinski definition) is 1. The van der Waals surface area contributed by atoms with Crippen molar-refractivity contribution in [3.05, 3.63) is 0 Å². The van der Waals surface area contributed by atoms with Gasteiger partial charge < -0.3 is 0 Å². The van der Waals surface area contributed by atoms with E-state index in [1.165, 1.54) is 44.9 Å². The molecule has 18 heavy (non-hydrogen) atoms. The Morgan fingerprint density at radius 2 is 1.56 bits per heavy atom. The Morgan fingerprint density at radius 1 is 1.00 bits per heavy atom. The van der Waals surface area contributed by atoms with Gasteiger partial charge in [-0.05, 0) is 43.9 Å². The van der Waals surface area contributed by atoms with E-state index in [4.69, 9.17) is 0 Å². The van der Waals surface area contributed by atoms with Gasteiger partial charge in [-0.3, -0.25) is 5.32 Å². The third-order valence-corrected chi connectivity index (χ3v) is 4.75. The summed E-state index contributed by atoms with van der Waals surface area (Å²) in [6, 6.07) is 3.22. The van der Waals surface area contributed by atoms with Gasteiger partial charge >= 0.3 is 0 Å². The second kappa shape index (κ2) is 6.06. The van der Waals surface area contributed by atoms with E-state index in [1.807, 2.05) is 0 Å². The van der Waals surface area contributed by atoms with Gasteiger partial charge in [0.1, 0.15) is 5.54 Å². The van der Waals surface area contributed by atoms with E-state index in [1.54, 1.807) is 0 Å². The van der Waals surface area contributed by atoms with Crippen LogP contribution in [0, 0.1) is 23.2 Å². The standard InChI is InChI=1S/C16H28N2/c1-13-9-14(2)11-16(10-13,12-17)18-15-7-5-3-4-6-8-15/h13-15,18H,3-11H2,1-2H3. The van der Waals surface area contributed by atoms with Crippen LogP contribution in [0.4, 0.5) is 0 Å². The number of nitrogens with one attached hydrogen (secondary N) is 1. The third-order valence-electron chi connectivity index (χ3n) is 4.75. The predicted octanol–water partition coefficient (Wildman–Crippen LogP) is 4.02. The summed E-state index contributed by atoms with van der Waals surface area (Å²) in [5.41, 5.74) is -0.230. The first-order valence-corrected chi connectivity index (χ1v) is 7.82. The van der Waals surface area contributed by atoms with Crippen LogP contribution in [0.5, 0.6) is 0 Å². The Morgan fingerprint density at radius 3 is 2.06 bits per heavy atom. The van der Waals surface area contributed by atoms with E-state index in [9.17, 15) is 5.26 Å². The minimum absolute atomic E-state index is 0.230. The second-order valence-electron chi connectivity index (χ2n) is 6.88. The molecule has 0 saturated heterocycles. The van der Waals surface area contributed by atoms with Gasteiger partial charge in [0.25, 0.3) is 0 Å². The van der Waals surface area contributed by atoms with Gasteiger partial charge in [-0.2, -0.15) is 5.26 Å². The quantitative estimate of drug-likeness (QED) is 0.749. The summed E-state index contributed by atoms with van der Waals surface area (Å²) in [5, 5.41) is 13.4. The molecule has 0 heterocycles. The highest BCUT2D eigenvalue weighted by molar-refractivity contribution is 5.11. The van der Waals surface area contributed by atoms with Crippen molar-refractivity contribution < 1.29 is 0 Å². The van der Waals surface area contributed by atoms with Crippen molar-refractivity contribution in [3.8, 4) is 6.07 Å². The van der Waals surface area contributed by atoms with E-state index < -0.39 is 0 Å². The molecule has 0 amide bonds. The largest absolute Gasteiger partial charge is 0.297 e. The van der Waals surface area contributed by atoms with Gasteiger partial charge in [-0.25, -0.2) is 0 Å². The molecule has 2 unspecified atom stereocenters. The molecule has 2 rings (SSSR count). The van der Waals surface area contributed by atoms with Crippen molar-refractivity contribution in [2.45, 2.75) is 83.2 Å². The van der Waals surface area contributed by atoms with Gasteiger partial charge in [-0.1, -0.05) is 39.5 Å². The van der Waals surface area contributed by atoms with E-state index in [-0.39, 0.29) is 5.54 Å². The fourth-order valence-corrected chi connectivity index (χ4v) is 4.18. The normalized spacial score (nSPS) is 38.9. The van der Waals surface area contributed by atoms with Crippen LogP contribution in [0.1, 0.15) is 71.6 Å². The average Bonchev–Trinajstić information content (AvgIpc) is 2.56. The van der Waals surface area contributed by atoms with Crippen LogP contribution in [-0.2, 0) is 0 Å². The van der Waals surface area contributed by atoms with Gasteiger partial charge in [-0.15, -0.1) is 0 Å². The lowest BCUT2D eigenvalue weighted by Gasteiger charge is -2.41. The van der Waals surface area contributed by atoms with Crippen LogP contribution < -0.4 is 5.32 Å². The molecule has 2 saturated carbocycles. The van der Waals surface area contributed by atoms with Crippen molar-refractivity contribution in [3.63, 3.8) is 0 Å². The molecule has 0 bridgehead atoms. The van der Waals surface area contributed by atoms with Crippen LogP contribution >= 0.6 is 0 Å². The Labute approximate surface area is 112 Å². The molecule has 2 nitrogen and oxygen atoms in total. The Kier molecular flexibility index (Phi) is 4.67. The van der Waals surface area contributed by atoms with E-state index >= 15 is 0 Å². The highest BCUT2D eigenvalue weighted by atomic mass is 15.0. The van der Waals surface area contributed by atoms with Gasteiger partial charge in [0.05, 0.1) is 6.07 Å². The predicted molar refractivity (Wildman–Crippen MR) is 75.1 cm³/mol. The summed E-state index contributed by atoms with van der Waals surface area (Å²) in [4.78, 5) is 0. The van der Waals surface area contributed by atoms with E-state index in [0.717, 1.165) is 12.8 Å². The molecule has 1 N–H and O–H groups in total. The second-order valence-corrected chi connectivity index (χ2v) is 6.88. The Bertz CT molecular complexity index is 287. The van der Waals surface area contributed by atoms with Crippen LogP contribution in [0.2, 0.25) is 0 Å². The van der Waals surface area contributed by atoms with Crippen LogP contribution in [0.25, 0.3) is 0 Å². The lowest BCUT2D eigenvalue weighted by atomic mass is 9.72. The maximum Gasteiger partial charge on any atom is 0.107 e. The summed E-state index contributed by atoms with van der Waals surface area (Å²) in [5.74, 6) is 1.37. The number of nitriles is 1. The summed E-state index contributed by atoms with van der Waals surface area (Å²) in [6.45, 7) is 4.60. The van der Waals surface area contributed by atoms with E-state index in [2.05, 4.69) is 25.2 Å². The van der Waals surface area contributed by atoms with Crippen molar-refractivity contribution in [1.29, 1.82) is 5.26 Å². The third kappa shape index (κ3) is 3.48. The summed E-state index contributed by atoms with van der Waals surface area (Å²) in [7, 11) is 0. The lowest BCUT2D eigenvalue weighted by Crippen LogP contribution is -2.53. The number of nitrogens with zero attached hydrogens (tertiary/aromatic N) is 1. The minimum Gasteiger partial charge on any atom is -0.297 e. The Hall–Kier alpha value is -0.550. The molecule has 2 atom stereocenters. The topological polar surface area (TPSA) is 35.8 Å². The first kappa shape index (κ1) is 13.9. The number of rotatable bonds is 2. The molecular formula is C16H28N2. The molecule has 0 aliphatic heterocycles. The molecule has 2 aliphatic carbocycles. The monoisotopic (exact) mass is 248 g/mol. The summed E-state index contributed by atoms with van der Waals surface area (Å²) >= 11 is 0. The molecule has 2 heteroatoms. The fraction of sp³-hybridized carbons (Fsp3) is 0.938. The van der Waals surface area contributed by atoms with Crippen molar-refractivity contribution >= 4 is 0 Å².